The fraction of sp³-hybridized carbons (Fsp3) is 0.571. The third kappa shape index (κ3) is 8.11. The normalized spacial score (nSPS) is 13.1. The molecule has 0 aliphatic carbocycles. The van der Waals surface area contributed by atoms with Gasteiger partial charge in [0.25, 0.3) is 0 Å². The summed E-state index contributed by atoms with van der Waals surface area (Å²) < 4.78 is 0. The van der Waals surface area contributed by atoms with Gasteiger partial charge in [0.1, 0.15) is 0 Å². The van der Waals surface area contributed by atoms with Crippen LogP contribution in [-0.4, -0.2) is 0 Å². The Morgan fingerprint density at radius 2 is 0.812 bits per heavy atom. The first-order chi connectivity index (χ1) is 14.4. The molecule has 0 radical (unpaired) electrons. The number of benzene rings is 2. The van der Waals surface area contributed by atoms with Gasteiger partial charge < -0.3 is 0 Å². The van der Waals surface area contributed by atoms with Crippen LogP contribution in [0.5, 0.6) is 0 Å². The molecule has 2 aromatic rings. The van der Waals surface area contributed by atoms with Gasteiger partial charge >= 0.3 is 35.0 Å². The maximum absolute atomic E-state index is 4.81. The Morgan fingerprint density at radius 1 is 0.531 bits per heavy atom. The Hall–Kier alpha value is 0.112. The number of rotatable bonds is 2. The Bertz CT molecular complexity index is 818. The van der Waals surface area contributed by atoms with E-state index in [4.69, 9.17) is 19.1 Å². The molecule has 0 aliphatic rings. The zero-order valence-corrected chi connectivity index (χ0v) is 26.1. The summed E-state index contributed by atoms with van der Waals surface area (Å²) in [5, 5.41) is 3.00. The quantitative estimate of drug-likeness (QED) is 0.243. The van der Waals surface area contributed by atoms with Gasteiger partial charge in [0.15, 0.2) is 0 Å². The molecule has 0 aliphatic heterocycles. The molecular weight excluding hydrogens is 545 g/mol. The second-order valence-corrected chi connectivity index (χ2v) is 16.3. The molecule has 0 nitrogen and oxygen atoms in total. The average Bonchev–Trinajstić information content (AvgIpc) is 2.58. The van der Waals surface area contributed by atoms with Gasteiger partial charge in [0.2, 0.25) is 0 Å². The maximum atomic E-state index is 4.81. The summed E-state index contributed by atoms with van der Waals surface area (Å²) in [4.78, 5) is 0. The molecule has 0 unspecified atom stereocenters. The van der Waals surface area contributed by atoms with Crippen LogP contribution in [0.4, 0.5) is 0 Å². The minimum absolute atomic E-state index is 0.106. The Kier molecular flexibility index (Phi) is 10.6. The van der Waals surface area contributed by atoms with Crippen LogP contribution in [0, 0.1) is 0 Å². The fourth-order valence-corrected chi connectivity index (χ4v) is 6.24. The summed E-state index contributed by atoms with van der Waals surface area (Å²) in [5.41, 5.74) is 6.56. The molecule has 0 fully saturated rings. The first-order valence-corrected chi connectivity index (χ1v) is 16.2. The van der Waals surface area contributed by atoms with E-state index in [1.54, 1.807) is 0 Å². The Morgan fingerprint density at radius 3 is 1.03 bits per heavy atom. The van der Waals surface area contributed by atoms with Gasteiger partial charge in [-0.15, -0.1) is 0 Å². The summed E-state index contributed by atoms with van der Waals surface area (Å²) in [6.45, 7) is 28.2. The predicted octanol–water partition coefficient (Wildman–Crippen LogP) is 8.88. The first-order valence-electron chi connectivity index (χ1n) is 11.2. The molecule has 2 aromatic carbocycles. The van der Waals surface area contributed by atoms with E-state index in [9.17, 15) is 0 Å². The predicted molar refractivity (Wildman–Crippen MR) is 147 cm³/mol. The van der Waals surface area contributed by atoms with Gasteiger partial charge in [-0.25, -0.2) is 0 Å². The van der Waals surface area contributed by atoms with Crippen molar-refractivity contribution in [2.75, 3.05) is 0 Å². The standard InChI is InChI=1S/C28H43P.2ClH.Pd/c1-25(2,3)19-15-13-17-21(23(19)27(7,8)9)29-22-18-14-16-20(26(4,5)6)24(22)28(10,11)12;;;/h13-18,29H,1-12H3;2*1H;/q;;;+2/p-2. The molecule has 0 atom stereocenters. The molecule has 0 heterocycles. The number of hydrogen-bond donors (Lipinski definition) is 0. The topological polar surface area (TPSA) is 0 Å². The molecule has 2 rings (SSSR count). The van der Waals surface area contributed by atoms with Crippen molar-refractivity contribution in [1.82, 2.24) is 0 Å². The van der Waals surface area contributed by atoms with Gasteiger partial charge in [-0.05, 0) is 54.5 Å². The second kappa shape index (κ2) is 11.2. The Labute approximate surface area is 216 Å². The molecule has 0 saturated heterocycles. The van der Waals surface area contributed by atoms with Crippen LogP contribution in [0.3, 0.4) is 0 Å². The van der Waals surface area contributed by atoms with E-state index in [1.165, 1.54) is 32.9 Å². The van der Waals surface area contributed by atoms with Crippen molar-refractivity contribution in [2.24, 2.45) is 0 Å². The van der Waals surface area contributed by atoms with Gasteiger partial charge in [0, 0.05) is 0 Å². The van der Waals surface area contributed by atoms with Crippen LogP contribution in [-0.2, 0) is 37.6 Å². The fourth-order valence-electron chi connectivity index (χ4n) is 4.32. The molecule has 0 N–H and O–H groups in total. The molecule has 32 heavy (non-hydrogen) atoms. The summed E-state index contributed by atoms with van der Waals surface area (Å²) in [7, 11) is 10.3. The van der Waals surface area contributed by atoms with Crippen LogP contribution in [0.25, 0.3) is 0 Å². The van der Waals surface area contributed by atoms with Crippen LogP contribution in [0.2, 0.25) is 0 Å². The van der Waals surface area contributed by atoms with Crippen LogP contribution < -0.4 is 10.6 Å². The van der Waals surface area contributed by atoms with Crippen molar-refractivity contribution >= 4 is 38.2 Å². The van der Waals surface area contributed by atoms with Gasteiger partial charge in [-0.3, -0.25) is 0 Å². The van der Waals surface area contributed by atoms with Crippen LogP contribution in [0.1, 0.15) is 105 Å². The van der Waals surface area contributed by atoms with Crippen molar-refractivity contribution in [3.05, 3.63) is 58.7 Å². The van der Waals surface area contributed by atoms with Gasteiger partial charge in [-0.2, -0.15) is 0 Å². The van der Waals surface area contributed by atoms with Crippen molar-refractivity contribution in [3.63, 3.8) is 0 Å². The van der Waals surface area contributed by atoms with Crippen molar-refractivity contribution < 1.29 is 15.9 Å². The average molecular weight is 588 g/mol. The molecule has 0 aromatic heterocycles. The van der Waals surface area contributed by atoms with E-state index in [-0.39, 0.29) is 37.6 Å². The summed E-state index contributed by atoms with van der Waals surface area (Å²) in [6, 6.07) is 13.9. The van der Waals surface area contributed by atoms with Gasteiger partial charge in [-0.1, -0.05) is 128 Å². The third-order valence-corrected chi connectivity index (χ3v) is 6.89. The van der Waals surface area contributed by atoms with Gasteiger partial charge in [0.05, 0.1) is 0 Å². The summed E-state index contributed by atoms with van der Waals surface area (Å²) >= 11 is -0.106. The first kappa shape index (κ1) is 30.1. The van der Waals surface area contributed by atoms with E-state index >= 15 is 0 Å². The molecule has 0 bridgehead atoms. The third-order valence-electron chi connectivity index (χ3n) is 5.51. The zero-order valence-electron chi connectivity index (χ0n) is 22.0. The molecule has 0 amide bonds. The van der Waals surface area contributed by atoms with Crippen molar-refractivity contribution in [3.8, 4) is 0 Å². The number of hydrogen-bond acceptors (Lipinski definition) is 0. The van der Waals surface area contributed by atoms with Crippen LogP contribution >= 0.6 is 27.6 Å². The molecule has 184 valence electrons. The van der Waals surface area contributed by atoms with Crippen molar-refractivity contribution in [2.45, 2.75) is 105 Å². The molecular formula is C28H43Cl2PPd. The van der Waals surface area contributed by atoms with Crippen molar-refractivity contribution in [1.29, 1.82) is 0 Å². The summed E-state index contributed by atoms with van der Waals surface area (Å²) in [6.07, 6.45) is 0. The minimum atomic E-state index is -0.106. The monoisotopic (exact) mass is 586 g/mol. The number of halogens is 2. The van der Waals surface area contributed by atoms with E-state index in [0.29, 0.717) is 8.58 Å². The summed E-state index contributed by atoms with van der Waals surface area (Å²) in [5.74, 6) is 0. The zero-order chi connectivity index (χ0) is 25.1. The van der Waals surface area contributed by atoms with E-state index in [1.807, 2.05) is 0 Å². The second-order valence-electron chi connectivity index (χ2n) is 12.6. The van der Waals surface area contributed by atoms with E-state index in [2.05, 4.69) is 119 Å². The van der Waals surface area contributed by atoms with E-state index in [0.717, 1.165) is 0 Å². The molecule has 0 spiro atoms. The molecule has 0 saturated carbocycles. The van der Waals surface area contributed by atoms with Crippen LogP contribution in [0.15, 0.2) is 36.4 Å². The van der Waals surface area contributed by atoms with E-state index < -0.39 is 0 Å². The SMILES string of the molecule is CC(C)(C)c1cccc(Pc2cccc(C(C)(C)C)c2C(C)(C)C)c1C(C)(C)C.[Cl][Pd][Cl]. The molecule has 4 heteroatoms. The Balaban J connectivity index is 0.00000161.